The predicted molar refractivity (Wildman–Crippen MR) is 101 cm³/mol. The zero-order valence-electron chi connectivity index (χ0n) is 15.6. The van der Waals surface area contributed by atoms with Crippen molar-refractivity contribution >= 4 is 28.3 Å². The molecule has 2 aliphatic heterocycles. The summed E-state index contributed by atoms with van der Waals surface area (Å²) in [5, 5.41) is 10.7. The normalized spacial score (nSPS) is 26.2. The van der Waals surface area contributed by atoms with Crippen molar-refractivity contribution in [2.75, 3.05) is 0 Å². The lowest BCUT2D eigenvalue weighted by Gasteiger charge is -2.30. The molecular weight excluding hydrogens is 378 g/mol. The van der Waals surface area contributed by atoms with Crippen LogP contribution in [0.25, 0.3) is 0 Å². The Balaban J connectivity index is 0.00000243. The smallest absolute Gasteiger partial charge is 0.244 e. The Hall–Kier alpha value is -1.16. The van der Waals surface area contributed by atoms with E-state index in [1.54, 1.807) is 27.8 Å². The monoisotopic (exact) mass is 405 g/mol. The molecule has 10 heteroatoms. The van der Waals surface area contributed by atoms with Gasteiger partial charge in [-0.2, -0.15) is 9.82 Å². The molecule has 0 aliphatic carbocycles. The molecule has 2 fully saturated rings. The summed E-state index contributed by atoms with van der Waals surface area (Å²) in [5.74, 6) is -0.283. The molecule has 3 heterocycles. The van der Waals surface area contributed by atoms with Crippen molar-refractivity contribution in [2.24, 2.45) is 7.05 Å². The fourth-order valence-electron chi connectivity index (χ4n) is 3.99. The molecule has 148 valence electrons. The third-order valence-corrected chi connectivity index (χ3v) is 7.05. The topological polar surface area (TPSA) is 105 Å². The number of piperidine rings is 1. The molecule has 1 amide bonds. The van der Waals surface area contributed by atoms with Gasteiger partial charge in [-0.1, -0.05) is 0 Å². The number of amides is 1. The minimum Gasteiger partial charge on any atom is -0.352 e. The molecule has 0 aromatic carbocycles. The van der Waals surface area contributed by atoms with E-state index < -0.39 is 16.1 Å². The van der Waals surface area contributed by atoms with Crippen molar-refractivity contribution in [1.82, 2.24) is 25.1 Å². The number of aromatic nitrogens is 2. The molecule has 3 N–H and O–H groups in total. The Bertz CT molecular complexity index is 767. The SMILES string of the molecule is Cc1nn(C)c(C)c1S(=O)(=O)NC(C)C(=O)NC1CC2CCC(C1)N2.Cl. The summed E-state index contributed by atoms with van der Waals surface area (Å²) < 4.78 is 29.3. The highest BCUT2D eigenvalue weighted by atomic mass is 35.5. The van der Waals surface area contributed by atoms with Gasteiger partial charge in [0.05, 0.1) is 17.4 Å². The Morgan fingerprint density at radius 1 is 1.27 bits per heavy atom. The molecule has 8 nitrogen and oxygen atoms in total. The van der Waals surface area contributed by atoms with Crippen LogP contribution in [0.3, 0.4) is 0 Å². The summed E-state index contributed by atoms with van der Waals surface area (Å²) in [5.41, 5.74) is 0.975. The lowest BCUT2D eigenvalue weighted by Crippen LogP contribution is -2.52. The number of hydrogen-bond donors (Lipinski definition) is 3. The average Bonchev–Trinajstić information content (AvgIpc) is 2.97. The Labute approximate surface area is 160 Å². The maximum atomic E-state index is 12.7. The lowest BCUT2D eigenvalue weighted by atomic mass is 9.99. The summed E-state index contributed by atoms with van der Waals surface area (Å²) in [6.07, 6.45) is 4.11. The molecule has 3 atom stereocenters. The molecule has 0 spiro atoms. The second-order valence-electron chi connectivity index (χ2n) is 7.28. The van der Waals surface area contributed by atoms with E-state index in [0.29, 0.717) is 23.5 Å². The van der Waals surface area contributed by atoms with Crippen molar-refractivity contribution in [3.05, 3.63) is 11.4 Å². The van der Waals surface area contributed by atoms with Crippen molar-refractivity contribution in [1.29, 1.82) is 0 Å². The predicted octanol–water partition coefficient (Wildman–Crippen LogP) is 0.525. The number of nitrogens with zero attached hydrogens (tertiary/aromatic N) is 2. The van der Waals surface area contributed by atoms with Gasteiger partial charge < -0.3 is 10.6 Å². The van der Waals surface area contributed by atoms with Crippen LogP contribution >= 0.6 is 12.4 Å². The van der Waals surface area contributed by atoms with Gasteiger partial charge in [-0.05, 0) is 46.5 Å². The van der Waals surface area contributed by atoms with Gasteiger partial charge in [-0.3, -0.25) is 9.48 Å². The number of nitrogens with one attached hydrogen (secondary N) is 3. The molecule has 1 aromatic rings. The van der Waals surface area contributed by atoms with E-state index in [2.05, 4.69) is 20.5 Å². The van der Waals surface area contributed by atoms with Crippen molar-refractivity contribution in [2.45, 2.75) is 75.5 Å². The van der Waals surface area contributed by atoms with Crippen molar-refractivity contribution in [3.63, 3.8) is 0 Å². The van der Waals surface area contributed by atoms with Gasteiger partial charge in [0, 0.05) is 25.2 Å². The molecule has 2 aliphatic rings. The summed E-state index contributed by atoms with van der Waals surface area (Å²) in [6, 6.07) is 0.213. The summed E-state index contributed by atoms with van der Waals surface area (Å²) >= 11 is 0. The molecule has 2 saturated heterocycles. The molecular formula is C16H28ClN5O3S. The number of halogens is 1. The van der Waals surface area contributed by atoms with Crippen molar-refractivity contribution < 1.29 is 13.2 Å². The van der Waals surface area contributed by atoms with Gasteiger partial charge in [0.1, 0.15) is 4.90 Å². The molecule has 3 rings (SSSR count). The maximum Gasteiger partial charge on any atom is 0.244 e. The van der Waals surface area contributed by atoms with E-state index >= 15 is 0 Å². The molecule has 0 saturated carbocycles. The highest BCUT2D eigenvalue weighted by molar-refractivity contribution is 7.89. The summed E-state index contributed by atoms with van der Waals surface area (Å²) in [7, 11) is -2.10. The fourth-order valence-corrected chi connectivity index (χ4v) is 5.63. The molecule has 26 heavy (non-hydrogen) atoms. The second kappa shape index (κ2) is 7.84. The van der Waals surface area contributed by atoms with Crippen LogP contribution in [0.1, 0.15) is 44.0 Å². The van der Waals surface area contributed by atoms with E-state index in [-0.39, 0.29) is 29.3 Å². The second-order valence-corrected chi connectivity index (χ2v) is 8.93. The zero-order valence-corrected chi connectivity index (χ0v) is 17.2. The largest absolute Gasteiger partial charge is 0.352 e. The minimum atomic E-state index is -3.80. The quantitative estimate of drug-likeness (QED) is 0.662. The van der Waals surface area contributed by atoms with Crippen LogP contribution in [0.2, 0.25) is 0 Å². The molecule has 2 bridgehead atoms. The first kappa shape index (κ1) is 21.1. The van der Waals surface area contributed by atoms with Crippen LogP contribution < -0.4 is 15.4 Å². The number of hydrogen-bond acceptors (Lipinski definition) is 5. The van der Waals surface area contributed by atoms with Gasteiger partial charge in [-0.15, -0.1) is 12.4 Å². The number of carbonyl (C=O) groups is 1. The van der Waals surface area contributed by atoms with Crippen LogP contribution in [0.4, 0.5) is 0 Å². The van der Waals surface area contributed by atoms with Gasteiger partial charge in [-0.25, -0.2) is 8.42 Å². The zero-order chi connectivity index (χ0) is 18.4. The number of sulfonamides is 1. The minimum absolute atomic E-state index is 0. The third kappa shape index (κ3) is 4.21. The van der Waals surface area contributed by atoms with E-state index in [9.17, 15) is 13.2 Å². The molecule has 0 radical (unpaired) electrons. The van der Waals surface area contributed by atoms with Crippen LogP contribution in [0.5, 0.6) is 0 Å². The number of aryl methyl sites for hydroxylation is 2. The van der Waals surface area contributed by atoms with Crippen molar-refractivity contribution in [3.8, 4) is 0 Å². The summed E-state index contributed by atoms with van der Waals surface area (Å²) in [4.78, 5) is 12.6. The number of rotatable bonds is 5. The first-order valence-corrected chi connectivity index (χ1v) is 10.2. The van der Waals surface area contributed by atoms with E-state index in [4.69, 9.17) is 0 Å². The molecule has 3 unspecified atom stereocenters. The Kier molecular flexibility index (Phi) is 6.37. The Morgan fingerprint density at radius 2 is 1.85 bits per heavy atom. The van der Waals surface area contributed by atoms with Gasteiger partial charge in [0.25, 0.3) is 0 Å². The first-order chi connectivity index (χ1) is 11.7. The Morgan fingerprint density at radius 3 is 2.35 bits per heavy atom. The summed E-state index contributed by atoms with van der Waals surface area (Å²) in [6.45, 7) is 4.92. The van der Waals surface area contributed by atoms with Crippen LogP contribution in [-0.4, -0.2) is 48.3 Å². The first-order valence-electron chi connectivity index (χ1n) is 8.76. The average molecular weight is 406 g/mol. The van der Waals surface area contributed by atoms with E-state index in [1.165, 1.54) is 4.68 Å². The highest BCUT2D eigenvalue weighted by Crippen LogP contribution is 2.26. The number of fused-ring (bicyclic) bond motifs is 2. The van der Waals surface area contributed by atoms with Crippen LogP contribution in [-0.2, 0) is 21.9 Å². The third-order valence-electron chi connectivity index (χ3n) is 5.26. The van der Waals surface area contributed by atoms with Gasteiger partial charge in [0.2, 0.25) is 15.9 Å². The van der Waals surface area contributed by atoms with Gasteiger partial charge in [0.15, 0.2) is 0 Å². The van der Waals surface area contributed by atoms with Crippen LogP contribution in [0.15, 0.2) is 4.90 Å². The fraction of sp³-hybridized carbons (Fsp3) is 0.750. The highest BCUT2D eigenvalue weighted by Gasteiger charge is 2.35. The van der Waals surface area contributed by atoms with E-state index in [1.807, 2.05) is 0 Å². The maximum absolute atomic E-state index is 12.7. The standard InChI is InChI=1S/C16H27N5O3S.ClH/c1-9-15(11(3)21(4)19-9)25(23,24)20-10(2)16(22)18-14-7-12-5-6-13(8-14)17-12;/h10,12-14,17,20H,5-8H2,1-4H3,(H,18,22);1H. The van der Waals surface area contributed by atoms with E-state index in [0.717, 1.165) is 25.7 Å². The van der Waals surface area contributed by atoms with Crippen LogP contribution in [0, 0.1) is 13.8 Å². The number of carbonyl (C=O) groups excluding carboxylic acids is 1. The lowest BCUT2D eigenvalue weighted by molar-refractivity contribution is -0.123. The van der Waals surface area contributed by atoms with Gasteiger partial charge >= 0.3 is 0 Å². The molecule has 1 aromatic heterocycles.